The molecule has 0 saturated carbocycles. The van der Waals surface area contributed by atoms with Crippen molar-refractivity contribution < 1.29 is 14.7 Å². The highest BCUT2D eigenvalue weighted by atomic mass is 16.4. The van der Waals surface area contributed by atoms with Crippen molar-refractivity contribution >= 4 is 11.8 Å². The minimum absolute atomic E-state index is 0.0818. The van der Waals surface area contributed by atoms with E-state index in [0.717, 1.165) is 25.8 Å². The van der Waals surface area contributed by atoms with Crippen molar-refractivity contribution in [1.82, 2.24) is 5.32 Å². The molecule has 0 bridgehead atoms. The third kappa shape index (κ3) is 21.1. The van der Waals surface area contributed by atoms with E-state index in [1.807, 2.05) is 0 Å². The van der Waals surface area contributed by atoms with Crippen LogP contribution < -0.4 is 5.32 Å². The fourth-order valence-electron chi connectivity index (χ4n) is 2.94. The summed E-state index contributed by atoms with van der Waals surface area (Å²) in [7, 11) is 0. The number of hydrogen-bond donors (Lipinski definition) is 2. The van der Waals surface area contributed by atoms with Crippen LogP contribution in [0.5, 0.6) is 0 Å². The summed E-state index contributed by atoms with van der Waals surface area (Å²) in [4.78, 5) is 21.1. The lowest BCUT2D eigenvalue weighted by Gasteiger charge is -2.04. The molecule has 24 heavy (non-hydrogen) atoms. The topological polar surface area (TPSA) is 66.4 Å². The normalized spacial score (nSPS) is 10.9. The Morgan fingerprint density at radius 1 is 0.667 bits per heavy atom. The van der Waals surface area contributed by atoms with Gasteiger partial charge in [-0.3, -0.25) is 4.79 Å². The van der Waals surface area contributed by atoms with Gasteiger partial charge >= 0.3 is 5.97 Å². The number of carbonyl (C=O) groups is 2. The van der Waals surface area contributed by atoms with E-state index in [1.165, 1.54) is 77.0 Å². The summed E-state index contributed by atoms with van der Waals surface area (Å²) in [6, 6.07) is 0. The first-order valence-electron chi connectivity index (χ1n) is 10.0. The molecule has 0 amide bonds. The van der Waals surface area contributed by atoms with E-state index >= 15 is 0 Å². The van der Waals surface area contributed by atoms with Gasteiger partial charge in [0.1, 0.15) is 5.78 Å². The summed E-state index contributed by atoms with van der Waals surface area (Å²) >= 11 is 0. The summed E-state index contributed by atoms with van der Waals surface area (Å²) in [6.45, 7) is 2.58. The number of nitrogens with one attached hydrogen (secondary N) is 1. The number of hydrogen-bond acceptors (Lipinski definition) is 3. The van der Waals surface area contributed by atoms with Crippen molar-refractivity contribution in [3.8, 4) is 0 Å². The summed E-state index contributed by atoms with van der Waals surface area (Å²) in [5.74, 6) is -0.451. The molecule has 4 nitrogen and oxygen atoms in total. The van der Waals surface area contributed by atoms with E-state index in [-0.39, 0.29) is 6.54 Å². The molecule has 0 atom stereocenters. The van der Waals surface area contributed by atoms with Crippen molar-refractivity contribution in [1.29, 1.82) is 0 Å². The minimum atomic E-state index is -0.775. The molecule has 0 aromatic rings. The highest BCUT2D eigenvalue weighted by Crippen LogP contribution is 2.13. The molecule has 0 aliphatic rings. The van der Waals surface area contributed by atoms with Gasteiger partial charge in [-0.05, 0) is 26.3 Å². The summed E-state index contributed by atoms with van der Waals surface area (Å²) in [5, 5.41) is 11.4. The van der Waals surface area contributed by atoms with Crippen LogP contribution in [0.3, 0.4) is 0 Å². The van der Waals surface area contributed by atoms with Gasteiger partial charge in [-0.25, -0.2) is 0 Å². The van der Waals surface area contributed by atoms with E-state index in [1.54, 1.807) is 6.92 Å². The fourth-order valence-corrected chi connectivity index (χ4v) is 2.94. The lowest BCUT2D eigenvalue weighted by molar-refractivity contribution is -0.136. The summed E-state index contributed by atoms with van der Waals surface area (Å²) in [5.41, 5.74) is 0. The molecule has 0 rings (SSSR count). The molecule has 0 aromatic heterocycles. The predicted octanol–water partition coefficient (Wildman–Crippen LogP) is 5.10. The second-order valence-corrected chi connectivity index (χ2v) is 6.97. The van der Waals surface area contributed by atoms with Crippen LogP contribution in [0.2, 0.25) is 0 Å². The molecule has 2 N–H and O–H groups in total. The van der Waals surface area contributed by atoms with Gasteiger partial charge in [0, 0.05) is 6.42 Å². The molecule has 0 heterocycles. The Kier molecular flexibility index (Phi) is 17.7. The minimum Gasteiger partial charge on any atom is -0.480 e. The first-order chi connectivity index (χ1) is 11.6. The van der Waals surface area contributed by atoms with E-state index in [4.69, 9.17) is 5.11 Å². The standard InChI is InChI=1S/C20H39NO3/c1-19(22)16-14-12-10-8-6-4-2-3-5-7-9-11-13-15-17-21-18-20(23)24/h21H,2-18H2,1H3,(H,23,24). The molecular weight excluding hydrogens is 302 g/mol. The zero-order valence-electron chi connectivity index (χ0n) is 15.8. The van der Waals surface area contributed by atoms with Gasteiger partial charge in [0.25, 0.3) is 0 Å². The number of Topliss-reactive ketones (excluding diaryl/α,β-unsaturated/α-hetero) is 1. The fraction of sp³-hybridized carbons (Fsp3) is 0.900. The van der Waals surface area contributed by atoms with E-state index in [0.29, 0.717) is 5.78 Å². The van der Waals surface area contributed by atoms with Crippen LogP contribution in [0.15, 0.2) is 0 Å². The molecule has 0 unspecified atom stereocenters. The van der Waals surface area contributed by atoms with Gasteiger partial charge in [0.15, 0.2) is 0 Å². The number of aliphatic carboxylic acids is 1. The molecule has 0 radical (unpaired) electrons. The molecule has 0 aliphatic heterocycles. The number of carboxylic acids is 1. The van der Waals surface area contributed by atoms with E-state index < -0.39 is 5.97 Å². The van der Waals surface area contributed by atoms with Crippen molar-refractivity contribution in [3.63, 3.8) is 0 Å². The van der Waals surface area contributed by atoms with Crippen molar-refractivity contribution in [2.75, 3.05) is 13.1 Å². The zero-order valence-corrected chi connectivity index (χ0v) is 15.8. The van der Waals surface area contributed by atoms with Crippen LogP contribution in [0.25, 0.3) is 0 Å². The van der Waals surface area contributed by atoms with Gasteiger partial charge in [0.05, 0.1) is 6.54 Å². The van der Waals surface area contributed by atoms with Gasteiger partial charge < -0.3 is 15.2 Å². The van der Waals surface area contributed by atoms with Crippen LogP contribution in [-0.2, 0) is 9.59 Å². The molecule has 142 valence electrons. The number of rotatable bonds is 19. The van der Waals surface area contributed by atoms with Crippen LogP contribution in [-0.4, -0.2) is 29.9 Å². The summed E-state index contributed by atoms with van der Waals surface area (Å²) in [6.07, 6.45) is 18.7. The highest BCUT2D eigenvalue weighted by Gasteiger charge is 1.97. The Morgan fingerprint density at radius 2 is 1.04 bits per heavy atom. The third-order valence-corrected chi connectivity index (χ3v) is 4.41. The molecule has 0 fully saturated rings. The maximum absolute atomic E-state index is 10.8. The average molecular weight is 342 g/mol. The van der Waals surface area contributed by atoms with Crippen molar-refractivity contribution in [2.45, 2.75) is 103 Å². The van der Waals surface area contributed by atoms with Crippen LogP contribution in [0.4, 0.5) is 0 Å². The molecule has 4 heteroatoms. The quantitative estimate of drug-likeness (QED) is 0.321. The Balaban J connectivity index is 3.00. The first-order valence-corrected chi connectivity index (χ1v) is 10.0. The Bertz CT molecular complexity index is 275. The second kappa shape index (κ2) is 18.4. The maximum Gasteiger partial charge on any atom is 0.317 e. The molecule has 0 aromatic carbocycles. The number of carbonyl (C=O) groups excluding carboxylic acids is 1. The summed E-state index contributed by atoms with van der Waals surface area (Å²) < 4.78 is 0. The van der Waals surface area contributed by atoms with Gasteiger partial charge in [-0.15, -0.1) is 0 Å². The average Bonchev–Trinajstić information content (AvgIpc) is 2.53. The Labute approximate surface area is 148 Å². The van der Waals surface area contributed by atoms with Crippen LogP contribution in [0, 0.1) is 0 Å². The lowest BCUT2D eigenvalue weighted by Crippen LogP contribution is -2.23. The number of unbranched alkanes of at least 4 members (excludes halogenated alkanes) is 13. The molecule has 0 aliphatic carbocycles. The molecule has 0 spiro atoms. The van der Waals surface area contributed by atoms with Crippen molar-refractivity contribution in [3.05, 3.63) is 0 Å². The van der Waals surface area contributed by atoms with Crippen molar-refractivity contribution in [2.24, 2.45) is 0 Å². The lowest BCUT2D eigenvalue weighted by atomic mass is 10.0. The van der Waals surface area contributed by atoms with Crippen LogP contribution in [0.1, 0.15) is 103 Å². The first kappa shape index (κ1) is 23.1. The predicted molar refractivity (Wildman–Crippen MR) is 100 cm³/mol. The van der Waals surface area contributed by atoms with E-state index in [9.17, 15) is 9.59 Å². The van der Waals surface area contributed by atoms with E-state index in [2.05, 4.69) is 5.32 Å². The number of carboxylic acid groups (broad SMARTS) is 1. The smallest absolute Gasteiger partial charge is 0.317 e. The van der Waals surface area contributed by atoms with Gasteiger partial charge in [0.2, 0.25) is 0 Å². The number of ketones is 1. The van der Waals surface area contributed by atoms with Gasteiger partial charge in [-0.2, -0.15) is 0 Å². The highest BCUT2D eigenvalue weighted by molar-refractivity contribution is 5.75. The molecule has 0 saturated heterocycles. The third-order valence-electron chi connectivity index (χ3n) is 4.41. The van der Waals surface area contributed by atoms with Gasteiger partial charge in [-0.1, -0.05) is 77.0 Å². The van der Waals surface area contributed by atoms with Crippen LogP contribution >= 0.6 is 0 Å². The largest absolute Gasteiger partial charge is 0.480 e. The Hall–Kier alpha value is -0.900. The maximum atomic E-state index is 10.8. The molecular formula is C20H39NO3. The Morgan fingerprint density at radius 3 is 1.42 bits per heavy atom. The SMILES string of the molecule is CC(=O)CCCCCCCCCCCCCCCCNCC(=O)O. The monoisotopic (exact) mass is 341 g/mol. The second-order valence-electron chi connectivity index (χ2n) is 6.97. The zero-order chi connectivity index (χ0) is 17.9.